The Balaban J connectivity index is 1.15. The molecule has 0 spiro atoms. The van der Waals surface area contributed by atoms with E-state index in [0.29, 0.717) is 28.1 Å². The number of aryl methyl sites for hydroxylation is 1. The van der Waals surface area contributed by atoms with Crippen molar-refractivity contribution in [2.45, 2.75) is 81.9 Å². The van der Waals surface area contributed by atoms with E-state index in [4.69, 9.17) is 5.11 Å². The SMILES string of the molecule is CCC(CC)C(c1ccc(N=Nc2cc(C)c3ccccc3c2O)cc1)c1ccc(N=Nc2cc(S(=O)(=O)O)c3ccccc3c2O)c(C(c2ccc(N=Nc3cc(S(=O)(=O)O)c4ccccc4c3O)cc2)C(CC)CC)c1. The predicted molar refractivity (Wildman–Crippen MR) is 305 cm³/mol. The molecule has 0 radical (unpaired) electrons. The van der Waals surface area contributed by atoms with Crippen molar-refractivity contribution >= 4 is 86.7 Å². The number of fused-ring (bicyclic) bond motifs is 3. The number of phenols is 3. The Kier molecular flexibility index (Phi) is 15.9. The number of rotatable bonds is 18. The quantitative estimate of drug-likeness (QED) is 0.0405. The Morgan fingerprint density at radius 3 is 1.17 bits per heavy atom. The van der Waals surface area contributed by atoms with E-state index in [1.165, 1.54) is 24.3 Å². The number of hydrogen-bond donors (Lipinski definition) is 5. The van der Waals surface area contributed by atoms with Crippen LogP contribution < -0.4 is 0 Å². The van der Waals surface area contributed by atoms with E-state index in [1.807, 2.05) is 73.7 Å². The summed E-state index contributed by atoms with van der Waals surface area (Å²) in [5.74, 6) is -0.752. The maximum absolute atomic E-state index is 12.7. The Morgan fingerprint density at radius 1 is 0.385 bits per heavy atom. The molecule has 0 fully saturated rings. The third-order valence-electron chi connectivity index (χ3n) is 14.8. The average molecular weight is 1080 g/mol. The first-order chi connectivity index (χ1) is 37.4. The largest absolute Gasteiger partial charge is 0.505 e. The molecule has 0 aliphatic heterocycles. The molecule has 17 heteroatoms. The van der Waals surface area contributed by atoms with Crippen LogP contribution in [0.25, 0.3) is 32.3 Å². The van der Waals surface area contributed by atoms with Crippen LogP contribution in [0.2, 0.25) is 0 Å². The first-order valence-corrected chi connectivity index (χ1v) is 28.6. The normalized spacial score (nSPS) is 13.3. The van der Waals surface area contributed by atoms with Crippen molar-refractivity contribution in [3.63, 3.8) is 0 Å². The molecule has 0 saturated carbocycles. The highest BCUT2D eigenvalue weighted by Gasteiger charge is 2.30. The molecule has 0 aromatic heterocycles. The molecule has 0 aliphatic rings. The summed E-state index contributed by atoms with van der Waals surface area (Å²) >= 11 is 0. The second-order valence-corrected chi connectivity index (χ2v) is 22.1. The fourth-order valence-electron chi connectivity index (χ4n) is 10.7. The lowest BCUT2D eigenvalue weighted by molar-refractivity contribution is 0.431. The standard InChI is InChI=1S/C61H58N6O9S2/c1-6-37(7-2)57(39-22-27-42(28-23-39)62-65-52-32-36(5)44-16-10-13-19-47(44)59(52)68)41-26-31-51(64-67-54-35-56(78(74,75)76)46-18-12-15-21-49(46)61(54)70)50(33-41)58(38(8-3)9-4)40-24-29-43(30-25-40)63-66-53-34-55(77(71,72)73)45-17-11-14-20-48(45)60(53)69/h10-35,37-38,57-58,68-70H,6-9H2,1-5H3,(H,71,72,73)(H,74,75,76). The number of phenolic OH excluding ortho intramolecular Hbond substituents is 3. The molecule has 9 rings (SSSR count). The minimum Gasteiger partial charge on any atom is -0.505 e. The molecule has 0 amide bonds. The smallest absolute Gasteiger partial charge is 0.295 e. The third kappa shape index (κ3) is 11.1. The molecule has 78 heavy (non-hydrogen) atoms. The summed E-state index contributed by atoms with van der Waals surface area (Å²) in [5.41, 5.74) is 6.21. The van der Waals surface area contributed by atoms with Crippen LogP contribution >= 0.6 is 0 Å². The summed E-state index contributed by atoms with van der Waals surface area (Å²) < 4.78 is 70.6. The third-order valence-corrected chi connectivity index (χ3v) is 16.6. The molecule has 5 N–H and O–H groups in total. The Hall–Kier alpha value is -8.22. The van der Waals surface area contributed by atoms with E-state index in [1.54, 1.807) is 36.4 Å². The lowest BCUT2D eigenvalue weighted by Gasteiger charge is -2.31. The summed E-state index contributed by atoms with van der Waals surface area (Å²) in [6.07, 6.45) is 3.23. The highest BCUT2D eigenvalue weighted by molar-refractivity contribution is 7.86. The molecule has 2 unspecified atom stereocenters. The summed E-state index contributed by atoms with van der Waals surface area (Å²) in [6, 6.07) is 45.5. The predicted octanol–water partition coefficient (Wildman–Crippen LogP) is 17.4. The van der Waals surface area contributed by atoms with Gasteiger partial charge in [0.2, 0.25) is 0 Å². The van der Waals surface area contributed by atoms with Gasteiger partial charge in [-0.1, -0.05) is 163 Å². The fourth-order valence-corrected chi connectivity index (χ4v) is 12.1. The first-order valence-electron chi connectivity index (χ1n) is 25.7. The maximum atomic E-state index is 12.7. The van der Waals surface area contributed by atoms with Gasteiger partial charge in [-0.2, -0.15) is 32.2 Å². The molecule has 9 aromatic carbocycles. The van der Waals surface area contributed by atoms with Gasteiger partial charge in [0.25, 0.3) is 20.2 Å². The van der Waals surface area contributed by atoms with E-state index in [-0.39, 0.29) is 73.8 Å². The van der Waals surface area contributed by atoms with Crippen molar-refractivity contribution in [1.29, 1.82) is 0 Å². The van der Waals surface area contributed by atoms with Crippen LogP contribution in [0.3, 0.4) is 0 Å². The number of aromatic hydroxyl groups is 3. The molecule has 9 aromatic rings. The second kappa shape index (κ2) is 22.8. The summed E-state index contributed by atoms with van der Waals surface area (Å²) in [4.78, 5) is -0.845. The van der Waals surface area contributed by atoms with Crippen LogP contribution in [0.1, 0.15) is 93.0 Å². The van der Waals surface area contributed by atoms with Gasteiger partial charge in [0.15, 0.2) is 17.2 Å². The molecular weight excluding hydrogens is 1020 g/mol. The van der Waals surface area contributed by atoms with Crippen molar-refractivity contribution in [1.82, 2.24) is 0 Å². The van der Waals surface area contributed by atoms with Crippen LogP contribution in [-0.2, 0) is 20.2 Å². The average Bonchev–Trinajstić information content (AvgIpc) is 3.50. The van der Waals surface area contributed by atoms with Crippen LogP contribution in [0.15, 0.2) is 198 Å². The molecule has 2 atom stereocenters. The van der Waals surface area contributed by atoms with Gasteiger partial charge >= 0.3 is 0 Å². The zero-order chi connectivity index (χ0) is 55.5. The number of hydrogen-bond acceptors (Lipinski definition) is 13. The summed E-state index contributed by atoms with van der Waals surface area (Å²) in [7, 11) is -9.44. The van der Waals surface area contributed by atoms with Gasteiger partial charge in [-0.25, -0.2) is 0 Å². The minimum absolute atomic E-state index is 0.0392. The number of benzene rings is 9. The van der Waals surface area contributed by atoms with Crippen LogP contribution in [0, 0.1) is 18.8 Å². The number of nitrogens with zero attached hydrogens (tertiary/aromatic N) is 6. The zero-order valence-electron chi connectivity index (χ0n) is 43.5. The fraction of sp³-hybridized carbons (Fsp3) is 0.213. The summed E-state index contributed by atoms with van der Waals surface area (Å²) in [6.45, 7) is 10.5. The van der Waals surface area contributed by atoms with Crippen molar-refractivity contribution in [2.75, 3.05) is 0 Å². The molecule has 398 valence electrons. The van der Waals surface area contributed by atoms with Gasteiger partial charge in [0, 0.05) is 38.8 Å². The molecular formula is C61H58N6O9S2. The van der Waals surface area contributed by atoms with Crippen molar-refractivity contribution in [2.24, 2.45) is 42.5 Å². The molecule has 15 nitrogen and oxygen atoms in total. The van der Waals surface area contributed by atoms with Gasteiger partial charge in [0.05, 0.1) is 17.1 Å². The minimum atomic E-state index is -4.75. The highest BCUT2D eigenvalue weighted by Crippen LogP contribution is 2.47. The molecule has 0 aliphatic carbocycles. The van der Waals surface area contributed by atoms with Crippen molar-refractivity contribution in [3.05, 3.63) is 186 Å². The molecule has 0 bridgehead atoms. The highest BCUT2D eigenvalue weighted by atomic mass is 32.2. The first kappa shape index (κ1) is 54.6. The van der Waals surface area contributed by atoms with E-state index < -0.39 is 30.0 Å². The Morgan fingerprint density at radius 2 is 0.731 bits per heavy atom. The monoisotopic (exact) mass is 1080 g/mol. The second-order valence-electron chi connectivity index (χ2n) is 19.3. The van der Waals surface area contributed by atoms with E-state index in [9.17, 15) is 41.3 Å². The molecule has 0 saturated heterocycles. The topological polar surface area (TPSA) is 244 Å². The van der Waals surface area contributed by atoms with Crippen molar-refractivity contribution in [3.8, 4) is 17.2 Å². The lowest BCUT2D eigenvalue weighted by atomic mass is 9.74. The van der Waals surface area contributed by atoms with E-state index >= 15 is 0 Å². The summed E-state index contributed by atoms with van der Waals surface area (Å²) in [5, 5.41) is 62.8. The van der Waals surface area contributed by atoms with Gasteiger partial charge in [-0.3, -0.25) is 9.11 Å². The van der Waals surface area contributed by atoms with Crippen molar-refractivity contribution < 1.29 is 41.3 Å². The van der Waals surface area contributed by atoms with Gasteiger partial charge in [-0.05, 0) is 100 Å². The van der Waals surface area contributed by atoms with Gasteiger partial charge in [0.1, 0.15) is 26.9 Å². The van der Waals surface area contributed by atoms with E-state index in [2.05, 4.69) is 71.5 Å². The van der Waals surface area contributed by atoms with Gasteiger partial charge < -0.3 is 15.3 Å². The zero-order valence-corrected chi connectivity index (χ0v) is 45.2. The Bertz CT molecular complexity index is 4050. The van der Waals surface area contributed by atoms with Crippen LogP contribution in [0.4, 0.5) is 34.1 Å². The maximum Gasteiger partial charge on any atom is 0.295 e. The van der Waals surface area contributed by atoms with Crippen LogP contribution in [0.5, 0.6) is 17.2 Å². The number of azo groups is 3. The molecule has 0 heterocycles. The Labute approximate surface area is 452 Å². The van der Waals surface area contributed by atoms with Crippen LogP contribution in [-0.4, -0.2) is 41.3 Å². The van der Waals surface area contributed by atoms with E-state index in [0.717, 1.165) is 71.0 Å². The van der Waals surface area contributed by atoms with Gasteiger partial charge in [-0.15, -0.1) is 15.3 Å². The lowest BCUT2D eigenvalue weighted by Crippen LogP contribution is -2.16.